The van der Waals surface area contributed by atoms with Gasteiger partial charge in [-0.05, 0) is 38.7 Å². The largest absolute Gasteiger partial charge is 0.504 e. The maximum absolute atomic E-state index is 13.0. The second-order valence-electron chi connectivity index (χ2n) is 8.92. The summed E-state index contributed by atoms with van der Waals surface area (Å²) in [5.41, 5.74) is 2.15. The van der Waals surface area contributed by atoms with Crippen LogP contribution in [0.2, 0.25) is 0 Å². The van der Waals surface area contributed by atoms with E-state index in [4.69, 9.17) is 5.41 Å². The van der Waals surface area contributed by atoms with E-state index in [0.717, 1.165) is 31.2 Å². The molecule has 1 amide bonds. The lowest BCUT2D eigenvalue weighted by Gasteiger charge is -2.41. The van der Waals surface area contributed by atoms with Crippen molar-refractivity contribution >= 4 is 11.6 Å². The molecule has 0 aromatic heterocycles. The highest BCUT2D eigenvalue weighted by atomic mass is 19.4. The molecule has 1 aliphatic carbocycles. The first-order chi connectivity index (χ1) is 14.9. The minimum absolute atomic E-state index is 0.0806. The molecule has 1 heterocycles. The van der Waals surface area contributed by atoms with E-state index in [0.29, 0.717) is 17.0 Å². The van der Waals surface area contributed by atoms with Crippen molar-refractivity contribution in [3.05, 3.63) is 59.1 Å². The highest BCUT2D eigenvalue weighted by Gasteiger charge is 2.42. The molecule has 0 atom stereocenters. The molecule has 3 rings (SSSR count). The van der Waals surface area contributed by atoms with E-state index in [1.807, 2.05) is 19.1 Å². The predicted molar refractivity (Wildman–Crippen MR) is 117 cm³/mol. The number of nitrogens with one attached hydrogen (secondary N) is 1. The van der Waals surface area contributed by atoms with Gasteiger partial charge >= 0.3 is 6.18 Å². The number of alkyl halides is 3. The summed E-state index contributed by atoms with van der Waals surface area (Å²) in [5.74, 6) is -1.55. The molecule has 0 spiro atoms. The fourth-order valence-electron chi connectivity index (χ4n) is 4.87. The first kappa shape index (κ1) is 23.9. The molecular weight excluding hydrogens is 419 g/mol. The van der Waals surface area contributed by atoms with Crippen LogP contribution >= 0.6 is 0 Å². The highest BCUT2D eigenvalue weighted by molar-refractivity contribution is 6.04. The Morgan fingerprint density at radius 1 is 1.25 bits per heavy atom. The zero-order valence-corrected chi connectivity index (χ0v) is 18.6. The molecule has 2 fully saturated rings. The summed E-state index contributed by atoms with van der Waals surface area (Å²) >= 11 is 0. The molecule has 174 valence electrons. The predicted octanol–water partition coefficient (Wildman–Crippen LogP) is 5.23. The Hall–Kier alpha value is -2.77. The van der Waals surface area contributed by atoms with E-state index < -0.39 is 24.4 Å². The van der Waals surface area contributed by atoms with Crippen LogP contribution in [0, 0.1) is 12.3 Å². The Morgan fingerprint density at radius 2 is 1.91 bits per heavy atom. The maximum atomic E-state index is 13.0. The van der Waals surface area contributed by atoms with Gasteiger partial charge in [0.1, 0.15) is 6.54 Å². The van der Waals surface area contributed by atoms with Gasteiger partial charge in [-0.1, -0.05) is 49.2 Å². The van der Waals surface area contributed by atoms with E-state index in [1.165, 1.54) is 17.4 Å². The number of amides is 1. The fourth-order valence-corrected chi connectivity index (χ4v) is 4.87. The summed E-state index contributed by atoms with van der Waals surface area (Å²) in [6.45, 7) is 6.06. The second-order valence-corrected chi connectivity index (χ2v) is 8.92. The Morgan fingerprint density at radius 3 is 2.47 bits per heavy atom. The molecule has 1 saturated heterocycles. The van der Waals surface area contributed by atoms with Gasteiger partial charge in [-0.2, -0.15) is 13.2 Å². The molecule has 0 radical (unpaired) electrons. The first-order valence-electron chi connectivity index (χ1n) is 10.8. The third-order valence-electron chi connectivity index (χ3n) is 6.42. The summed E-state index contributed by atoms with van der Waals surface area (Å²) in [6, 6.07) is 8.29. The zero-order valence-electron chi connectivity index (χ0n) is 18.6. The quantitative estimate of drug-likeness (QED) is 0.355. The minimum Gasteiger partial charge on any atom is -0.504 e. The van der Waals surface area contributed by atoms with Crippen molar-refractivity contribution < 1.29 is 23.1 Å². The van der Waals surface area contributed by atoms with Crippen molar-refractivity contribution in [1.29, 1.82) is 5.41 Å². The summed E-state index contributed by atoms with van der Waals surface area (Å²) in [6.07, 6.45) is 0.00347. The Balaban J connectivity index is 1.93. The number of rotatable bonds is 6. The molecule has 1 aromatic carbocycles. The van der Waals surface area contributed by atoms with Crippen LogP contribution in [0.4, 0.5) is 13.2 Å². The number of aliphatic hydroxyl groups is 1. The number of piperazine rings is 1. The van der Waals surface area contributed by atoms with Crippen molar-refractivity contribution in [2.75, 3.05) is 19.6 Å². The standard InChI is InChI=1S/C24H30F3N3O2/c1-16-7-6-8-19(13-16)23(9-4-5-10-23)14-17(2)30-12-11-29(15-24(25,26)27)22(32)20(30)21(31)18(3)28/h6-8,13,28,31H,2,4-5,9-12,14-15H2,1,3H3/b21-20+,28-18?. The van der Waals surface area contributed by atoms with E-state index in [-0.39, 0.29) is 29.9 Å². The molecule has 0 bridgehead atoms. The van der Waals surface area contributed by atoms with Crippen LogP contribution in [0.3, 0.4) is 0 Å². The smallest absolute Gasteiger partial charge is 0.406 e. The van der Waals surface area contributed by atoms with Gasteiger partial charge in [-0.15, -0.1) is 0 Å². The SMILES string of the molecule is C=C(CC1(c2cccc(C)c2)CCCC1)N1CCN(CC(F)(F)F)C(=O)/C1=C(\O)C(C)=N. The van der Waals surface area contributed by atoms with Gasteiger partial charge in [0, 0.05) is 24.2 Å². The fraction of sp³-hybridized carbons (Fsp3) is 0.500. The Labute approximate surface area is 186 Å². The molecule has 32 heavy (non-hydrogen) atoms. The average Bonchev–Trinajstić information content (AvgIpc) is 3.17. The number of nitrogens with zero attached hydrogens (tertiary/aromatic N) is 2. The van der Waals surface area contributed by atoms with Crippen LogP contribution in [0.1, 0.15) is 50.2 Å². The van der Waals surface area contributed by atoms with Crippen molar-refractivity contribution in [2.24, 2.45) is 0 Å². The number of aryl methyl sites for hydroxylation is 1. The van der Waals surface area contributed by atoms with E-state index in [1.54, 1.807) is 0 Å². The molecule has 1 saturated carbocycles. The summed E-state index contributed by atoms with van der Waals surface area (Å²) < 4.78 is 38.9. The number of halogens is 3. The van der Waals surface area contributed by atoms with Crippen molar-refractivity contribution in [1.82, 2.24) is 9.80 Å². The lowest BCUT2D eigenvalue weighted by atomic mass is 9.74. The topological polar surface area (TPSA) is 67.6 Å². The number of aliphatic hydroxyl groups excluding tert-OH is 1. The molecule has 1 aromatic rings. The van der Waals surface area contributed by atoms with Crippen LogP contribution in [0.5, 0.6) is 0 Å². The Bertz CT molecular complexity index is 946. The molecule has 5 nitrogen and oxygen atoms in total. The highest BCUT2D eigenvalue weighted by Crippen LogP contribution is 2.46. The van der Waals surface area contributed by atoms with Crippen LogP contribution in [-0.4, -0.2) is 52.3 Å². The minimum atomic E-state index is -4.55. The number of hydrogen-bond donors (Lipinski definition) is 2. The molecule has 2 aliphatic rings. The number of carbonyl (C=O) groups excluding carboxylic acids is 1. The van der Waals surface area contributed by atoms with Gasteiger partial charge in [0.25, 0.3) is 5.91 Å². The molecular formula is C24H30F3N3O2. The maximum Gasteiger partial charge on any atom is 0.406 e. The number of allylic oxidation sites excluding steroid dienone is 2. The monoisotopic (exact) mass is 449 g/mol. The van der Waals surface area contributed by atoms with Crippen LogP contribution in [0.15, 0.2) is 48.0 Å². The normalized spacial score (nSPS) is 20.5. The van der Waals surface area contributed by atoms with Gasteiger partial charge < -0.3 is 20.3 Å². The lowest BCUT2D eigenvalue weighted by molar-refractivity contribution is -0.162. The molecule has 2 N–H and O–H groups in total. The number of benzene rings is 1. The average molecular weight is 450 g/mol. The molecule has 8 heteroatoms. The van der Waals surface area contributed by atoms with E-state index in [9.17, 15) is 23.1 Å². The van der Waals surface area contributed by atoms with Crippen molar-refractivity contribution in [3.63, 3.8) is 0 Å². The van der Waals surface area contributed by atoms with E-state index >= 15 is 0 Å². The number of hydrogen-bond acceptors (Lipinski definition) is 4. The van der Waals surface area contributed by atoms with Crippen molar-refractivity contribution in [2.45, 2.75) is 57.5 Å². The third kappa shape index (κ3) is 5.00. The lowest BCUT2D eigenvalue weighted by Crippen LogP contribution is -2.52. The summed E-state index contributed by atoms with van der Waals surface area (Å²) in [7, 11) is 0. The third-order valence-corrected chi connectivity index (χ3v) is 6.42. The first-order valence-corrected chi connectivity index (χ1v) is 10.8. The van der Waals surface area contributed by atoms with Crippen LogP contribution in [0.25, 0.3) is 0 Å². The zero-order chi connectivity index (χ0) is 23.7. The molecule has 1 aliphatic heterocycles. The van der Waals surface area contributed by atoms with Crippen molar-refractivity contribution in [3.8, 4) is 0 Å². The van der Waals surface area contributed by atoms with Crippen LogP contribution in [-0.2, 0) is 10.2 Å². The van der Waals surface area contributed by atoms with Gasteiger partial charge in [0.05, 0.1) is 5.71 Å². The Kier molecular flexibility index (Phi) is 6.72. The molecule has 0 unspecified atom stereocenters. The summed E-state index contributed by atoms with van der Waals surface area (Å²) in [4.78, 5) is 15.1. The van der Waals surface area contributed by atoms with Gasteiger partial charge in [0.2, 0.25) is 0 Å². The van der Waals surface area contributed by atoms with Gasteiger partial charge in [-0.3, -0.25) is 4.79 Å². The van der Waals surface area contributed by atoms with Crippen LogP contribution < -0.4 is 0 Å². The van der Waals surface area contributed by atoms with Gasteiger partial charge in [-0.25, -0.2) is 0 Å². The van der Waals surface area contributed by atoms with E-state index in [2.05, 4.69) is 18.7 Å². The number of carbonyl (C=O) groups is 1. The second kappa shape index (κ2) is 9.00. The summed E-state index contributed by atoms with van der Waals surface area (Å²) in [5, 5.41) is 18.2. The van der Waals surface area contributed by atoms with Gasteiger partial charge in [0.15, 0.2) is 11.5 Å².